The van der Waals surface area contributed by atoms with Crippen molar-refractivity contribution in [2.24, 2.45) is 0 Å². The van der Waals surface area contributed by atoms with E-state index in [1.807, 2.05) is 31.2 Å². The predicted molar refractivity (Wildman–Crippen MR) is 100 cm³/mol. The minimum absolute atomic E-state index is 0.0994. The van der Waals surface area contributed by atoms with Crippen molar-refractivity contribution < 1.29 is 19.1 Å². The van der Waals surface area contributed by atoms with Crippen molar-refractivity contribution in [1.82, 2.24) is 4.98 Å². The highest BCUT2D eigenvalue weighted by atomic mass is 32.1. The number of carbonyl (C=O) groups excluding carboxylic acids is 2. The van der Waals surface area contributed by atoms with Crippen molar-refractivity contribution in [1.29, 1.82) is 0 Å². The molecule has 1 amide bonds. The molecule has 3 rings (SSSR count). The van der Waals surface area contributed by atoms with Gasteiger partial charge in [-0.25, -0.2) is 9.78 Å². The van der Waals surface area contributed by atoms with Gasteiger partial charge in [0.05, 0.1) is 29.5 Å². The lowest BCUT2D eigenvalue weighted by Crippen LogP contribution is -2.19. The monoisotopic (exact) mass is 370 g/mol. The molecular weight excluding hydrogens is 352 g/mol. The number of hydrogen-bond donors (Lipinski definition) is 1. The van der Waals surface area contributed by atoms with Gasteiger partial charge in [-0.2, -0.15) is 0 Å². The Morgan fingerprint density at radius 3 is 2.77 bits per heavy atom. The summed E-state index contributed by atoms with van der Waals surface area (Å²) in [6, 6.07) is 12.8. The number of fused-ring (bicyclic) bond motifs is 1. The first kappa shape index (κ1) is 18.0. The summed E-state index contributed by atoms with van der Waals surface area (Å²) in [6.45, 7) is 2.02. The Balaban J connectivity index is 1.56. The van der Waals surface area contributed by atoms with E-state index in [0.717, 1.165) is 20.8 Å². The summed E-state index contributed by atoms with van der Waals surface area (Å²) in [5, 5.41) is 3.58. The van der Waals surface area contributed by atoms with Crippen molar-refractivity contribution in [3.05, 3.63) is 58.6 Å². The predicted octanol–water partition coefficient (Wildman–Crippen LogP) is 3.55. The van der Waals surface area contributed by atoms with Crippen molar-refractivity contribution in [2.45, 2.75) is 13.5 Å². The first-order valence-electron chi connectivity index (χ1n) is 7.98. The Labute approximate surface area is 154 Å². The van der Waals surface area contributed by atoms with Crippen LogP contribution in [0.1, 0.15) is 20.9 Å². The number of amides is 1. The largest absolute Gasteiger partial charge is 0.465 e. The third-order valence-electron chi connectivity index (χ3n) is 3.73. The molecule has 0 radical (unpaired) electrons. The van der Waals surface area contributed by atoms with Gasteiger partial charge in [-0.3, -0.25) is 4.79 Å². The number of ether oxygens (including phenoxy) is 2. The lowest BCUT2D eigenvalue weighted by Gasteiger charge is -2.10. The second-order valence-corrected chi connectivity index (χ2v) is 6.75. The van der Waals surface area contributed by atoms with E-state index >= 15 is 0 Å². The number of anilines is 1. The highest BCUT2D eigenvalue weighted by Crippen LogP contribution is 2.22. The van der Waals surface area contributed by atoms with Gasteiger partial charge in [-0.05, 0) is 36.8 Å². The fraction of sp³-hybridized carbons (Fsp3) is 0.211. The van der Waals surface area contributed by atoms with Gasteiger partial charge in [0.15, 0.2) is 0 Å². The lowest BCUT2D eigenvalue weighted by atomic mass is 10.1. The molecule has 2 aromatic carbocycles. The van der Waals surface area contributed by atoms with Crippen LogP contribution in [0.5, 0.6) is 0 Å². The van der Waals surface area contributed by atoms with Gasteiger partial charge in [-0.1, -0.05) is 18.2 Å². The summed E-state index contributed by atoms with van der Waals surface area (Å²) in [5.74, 6) is -0.746. The van der Waals surface area contributed by atoms with E-state index in [1.54, 1.807) is 29.5 Å². The van der Waals surface area contributed by atoms with Crippen LogP contribution in [0.25, 0.3) is 10.2 Å². The van der Waals surface area contributed by atoms with Gasteiger partial charge in [-0.15, -0.1) is 11.3 Å². The third kappa shape index (κ3) is 4.25. The molecule has 0 spiro atoms. The Hall–Kier alpha value is -2.77. The molecule has 0 fully saturated rings. The number of thiazole rings is 1. The van der Waals surface area contributed by atoms with Gasteiger partial charge in [0.1, 0.15) is 11.6 Å². The number of methoxy groups -OCH3 is 1. The molecule has 1 heterocycles. The van der Waals surface area contributed by atoms with E-state index in [1.165, 1.54) is 7.11 Å². The molecule has 0 aliphatic carbocycles. The molecule has 0 saturated carbocycles. The summed E-state index contributed by atoms with van der Waals surface area (Å²) in [6.07, 6.45) is 0. The van der Waals surface area contributed by atoms with E-state index in [9.17, 15) is 9.59 Å². The molecule has 1 N–H and O–H groups in total. The maximum atomic E-state index is 12.1. The number of nitrogens with one attached hydrogen (secondary N) is 1. The molecule has 7 heteroatoms. The Morgan fingerprint density at radius 2 is 2.00 bits per heavy atom. The van der Waals surface area contributed by atoms with E-state index in [4.69, 9.17) is 9.47 Å². The van der Waals surface area contributed by atoms with Crippen molar-refractivity contribution >= 4 is 39.1 Å². The Morgan fingerprint density at radius 1 is 1.19 bits per heavy atom. The summed E-state index contributed by atoms with van der Waals surface area (Å²) in [5.41, 5.74) is 2.71. The third-order valence-corrected chi connectivity index (χ3v) is 4.74. The SMILES string of the molecule is COC(=O)c1ccc(C)c(NC(=O)COCc2nc3ccccc3s2)c1. The molecule has 26 heavy (non-hydrogen) atoms. The fourth-order valence-corrected chi connectivity index (χ4v) is 3.31. The maximum absolute atomic E-state index is 12.1. The first-order chi connectivity index (χ1) is 12.6. The van der Waals surface area contributed by atoms with Crippen LogP contribution in [0, 0.1) is 6.92 Å². The number of aryl methyl sites for hydroxylation is 1. The van der Waals surface area contributed by atoms with E-state index in [-0.39, 0.29) is 19.1 Å². The van der Waals surface area contributed by atoms with Crippen LogP contribution < -0.4 is 5.32 Å². The van der Waals surface area contributed by atoms with Crippen LogP contribution >= 0.6 is 11.3 Å². The zero-order valence-corrected chi connectivity index (χ0v) is 15.3. The van der Waals surface area contributed by atoms with Gasteiger partial charge >= 0.3 is 5.97 Å². The molecule has 0 bridgehead atoms. The highest BCUT2D eigenvalue weighted by Gasteiger charge is 2.11. The minimum Gasteiger partial charge on any atom is -0.465 e. The highest BCUT2D eigenvalue weighted by molar-refractivity contribution is 7.18. The Bertz CT molecular complexity index is 919. The molecule has 134 valence electrons. The van der Waals surface area contributed by atoms with E-state index in [2.05, 4.69) is 10.3 Å². The van der Waals surface area contributed by atoms with Crippen LogP contribution in [-0.2, 0) is 20.9 Å². The summed E-state index contributed by atoms with van der Waals surface area (Å²) in [4.78, 5) is 28.2. The lowest BCUT2D eigenvalue weighted by molar-refractivity contribution is -0.121. The number of esters is 1. The molecule has 0 unspecified atom stereocenters. The molecule has 0 aliphatic rings. The fourth-order valence-electron chi connectivity index (χ4n) is 2.40. The molecule has 0 saturated heterocycles. The van der Waals surface area contributed by atoms with Gasteiger partial charge in [0.2, 0.25) is 5.91 Å². The van der Waals surface area contributed by atoms with Gasteiger partial charge < -0.3 is 14.8 Å². The standard InChI is InChI=1S/C19H18N2O4S/c1-12-7-8-13(19(23)24-2)9-15(12)20-17(22)10-25-11-18-21-14-5-3-4-6-16(14)26-18/h3-9H,10-11H2,1-2H3,(H,20,22). The second kappa shape index (κ2) is 8.07. The summed E-state index contributed by atoms with van der Waals surface area (Å²) < 4.78 is 11.2. The van der Waals surface area contributed by atoms with Crippen LogP contribution in [0.15, 0.2) is 42.5 Å². The number of carbonyl (C=O) groups is 2. The number of hydrogen-bond acceptors (Lipinski definition) is 6. The van der Waals surface area contributed by atoms with E-state index in [0.29, 0.717) is 11.3 Å². The van der Waals surface area contributed by atoms with Crippen LogP contribution in [0.4, 0.5) is 5.69 Å². The molecule has 0 atom stereocenters. The van der Waals surface area contributed by atoms with Crippen LogP contribution in [0.2, 0.25) is 0 Å². The summed E-state index contributed by atoms with van der Waals surface area (Å²) in [7, 11) is 1.32. The van der Waals surface area contributed by atoms with Crippen LogP contribution in [0.3, 0.4) is 0 Å². The Kier molecular flexibility index (Phi) is 5.60. The molecular formula is C19H18N2O4S. The average molecular weight is 370 g/mol. The molecule has 1 aromatic heterocycles. The maximum Gasteiger partial charge on any atom is 0.337 e. The minimum atomic E-state index is -0.451. The van der Waals surface area contributed by atoms with Gasteiger partial charge in [0.25, 0.3) is 0 Å². The topological polar surface area (TPSA) is 77.5 Å². The van der Waals surface area contributed by atoms with Gasteiger partial charge in [0, 0.05) is 5.69 Å². The quantitative estimate of drug-likeness (QED) is 0.672. The van der Waals surface area contributed by atoms with Crippen LogP contribution in [-0.4, -0.2) is 30.6 Å². The van der Waals surface area contributed by atoms with Crippen molar-refractivity contribution in [3.8, 4) is 0 Å². The number of nitrogens with zero attached hydrogens (tertiary/aromatic N) is 1. The number of benzene rings is 2. The number of para-hydroxylation sites is 1. The van der Waals surface area contributed by atoms with Crippen molar-refractivity contribution in [3.63, 3.8) is 0 Å². The number of aromatic nitrogens is 1. The van der Waals surface area contributed by atoms with Crippen molar-refractivity contribution in [2.75, 3.05) is 19.0 Å². The van der Waals surface area contributed by atoms with E-state index < -0.39 is 5.97 Å². The normalized spacial score (nSPS) is 10.7. The molecule has 3 aromatic rings. The first-order valence-corrected chi connectivity index (χ1v) is 8.79. The smallest absolute Gasteiger partial charge is 0.337 e. The number of rotatable bonds is 6. The average Bonchev–Trinajstić information content (AvgIpc) is 3.05. The molecule has 0 aliphatic heterocycles. The molecule has 6 nitrogen and oxygen atoms in total. The summed E-state index contributed by atoms with van der Waals surface area (Å²) >= 11 is 1.54. The zero-order chi connectivity index (χ0) is 18.5. The zero-order valence-electron chi connectivity index (χ0n) is 14.4. The second-order valence-electron chi connectivity index (χ2n) is 5.64.